The Morgan fingerprint density at radius 2 is 2.24 bits per heavy atom. The van der Waals surface area contributed by atoms with Gasteiger partial charge in [0, 0.05) is 29.6 Å². The first-order chi connectivity index (χ1) is 10.0. The minimum absolute atomic E-state index is 0.0128. The molecule has 1 aromatic carbocycles. The summed E-state index contributed by atoms with van der Waals surface area (Å²) >= 11 is 0. The molecular formula is C16H19NO4. The van der Waals surface area contributed by atoms with Gasteiger partial charge in [0.2, 0.25) is 5.76 Å². The molecule has 112 valence electrons. The van der Waals surface area contributed by atoms with E-state index >= 15 is 0 Å². The van der Waals surface area contributed by atoms with E-state index in [4.69, 9.17) is 9.15 Å². The van der Waals surface area contributed by atoms with E-state index in [0.717, 1.165) is 18.4 Å². The lowest BCUT2D eigenvalue weighted by molar-refractivity contribution is 0.0662. The van der Waals surface area contributed by atoms with Crippen LogP contribution in [0.1, 0.15) is 36.4 Å². The number of rotatable bonds is 4. The zero-order chi connectivity index (χ0) is 15.0. The Labute approximate surface area is 122 Å². The predicted molar refractivity (Wildman–Crippen MR) is 78.4 cm³/mol. The van der Waals surface area contributed by atoms with E-state index in [9.17, 15) is 9.90 Å². The summed E-state index contributed by atoms with van der Waals surface area (Å²) in [6, 6.07) is 7.40. The minimum Gasteiger partial charge on any atom is -0.475 e. The summed E-state index contributed by atoms with van der Waals surface area (Å²) < 4.78 is 11.1. The lowest BCUT2D eigenvalue weighted by atomic mass is 9.94. The van der Waals surface area contributed by atoms with Crippen molar-refractivity contribution in [2.24, 2.45) is 0 Å². The fourth-order valence-corrected chi connectivity index (χ4v) is 2.80. The van der Waals surface area contributed by atoms with Crippen LogP contribution in [0, 0.1) is 0 Å². The zero-order valence-electron chi connectivity index (χ0n) is 12.2. The number of ether oxygens (including phenoxy) is 1. The Bertz CT molecular complexity index is 678. The molecule has 0 spiro atoms. The highest BCUT2D eigenvalue weighted by atomic mass is 16.5. The van der Waals surface area contributed by atoms with E-state index in [1.54, 1.807) is 6.07 Å². The second kappa shape index (κ2) is 5.16. The summed E-state index contributed by atoms with van der Waals surface area (Å²) in [6.45, 7) is 5.31. The van der Waals surface area contributed by atoms with Crippen molar-refractivity contribution in [3.8, 4) is 0 Å². The van der Waals surface area contributed by atoms with Crippen LogP contribution >= 0.6 is 0 Å². The maximum atomic E-state index is 11.4. The molecule has 2 aromatic rings. The lowest BCUT2D eigenvalue weighted by Gasteiger charge is -2.29. The van der Waals surface area contributed by atoms with E-state index in [1.165, 1.54) is 0 Å². The SMILES string of the molecule is CC1OCCC1(C)NCc1c(C(=O)O)oc2ccccc12. The average Bonchev–Trinajstić information content (AvgIpc) is 2.99. The third kappa shape index (κ3) is 2.43. The van der Waals surface area contributed by atoms with Gasteiger partial charge >= 0.3 is 5.97 Å². The molecule has 5 heteroatoms. The summed E-state index contributed by atoms with van der Waals surface area (Å²) in [4.78, 5) is 11.4. The number of carboxylic acids is 1. The maximum Gasteiger partial charge on any atom is 0.372 e. The van der Waals surface area contributed by atoms with Gasteiger partial charge in [0.25, 0.3) is 0 Å². The highest BCUT2D eigenvalue weighted by Gasteiger charge is 2.37. The first-order valence-corrected chi connectivity index (χ1v) is 7.11. The molecule has 1 aromatic heterocycles. The van der Waals surface area contributed by atoms with Gasteiger partial charge in [-0.2, -0.15) is 0 Å². The number of carbonyl (C=O) groups is 1. The van der Waals surface area contributed by atoms with Crippen molar-refractivity contribution in [3.63, 3.8) is 0 Å². The molecule has 3 rings (SSSR count). The Balaban J connectivity index is 1.92. The molecule has 2 heterocycles. The third-order valence-electron chi connectivity index (χ3n) is 4.45. The number of furan rings is 1. The number of para-hydroxylation sites is 1. The Morgan fingerprint density at radius 3 is 2.90 bits per heavy atom. The van der Waals surface area contributed by atoms with Gasteiger partial charge in [-0.25, -0.2) is 4.79 Å². The van der Waals surface area contributed by atoms with Crippen LogP contribution < -0.4 is 5.32 Å². The third-order valence-corrected chi connectivity index (χ3v) is 4.45. The number of hydrogen-bond donors (Lipinski definition) is 2. The smallest absolute Gasteiger partial charge is 0.372 e. The summed E-state index contributed by atoms with van der Waals surface area (Å²) in [5, 5.41) is 13.6. The molecule has 1 aliphatic rings. The molecule has 0 bridgehead atoms. The Morgan fingerprint density at radius 1 is 1.48 bits per heavy atom. The Kier molecular flexibility index (Phi) is 3.47. The van der Waals surface area contributed by atoms with E-state index in [1.807, 2.05) is 25.1 Å². The van der Waals surface area contributed by atoms with Gasteiger partial charge in [0.1, 0.15) is 5.58 Å². The highest BCUT2D eigenvalue weighted by molar-refractivity contribution is 5.95. The fraction of sp³-hybridized carbons (Fsp3) is 0.438. The van der Waals surface area contributed by atoms with Crippen LogP contribution in [0.4, 0.5) is 0 Å². The van der Waals surface area contributed by atoms with Crippen LogP contribution in [0.3, 0.4) is 0 Å². The number of aromatic carboxylic acids is 1. The van der Waals surface area contributed by atoms with Gasteiger partial charge in [-0.1, -0.05) is 18.2 Å². The molecule has 0 radical (unpaired) electrons. The largest absolute Gasteiger partial charge is 0.475 e. The van der Waals surface area contributed by atoms with Gasteiger partial charge in [0.05, 0.1) is 6.10 Å². The van der Waals surface area contributed by atoms with Gasteiger partial charge in [-0.05, 0) is 26.3 Å². The summed E-state index contributed by atoms with van der Waals surface area (Å²) in [6.07, 6.45) is 1.01. The number of hydrogen-bond acceptors (Lipinski definition) is 4. The van der Waals surface area contributed by atoms with E-state index < -0.39 is 5.97 Å². The predicted octanol–water partition coefficient (Wildman–Crippen LogP) is 2.79. The highest BCUT2D eigenvalue weighted by Crippen LogP contribution is 2.29. The van der Waals surface area contributed by atoms with Crippen LogP contribution in [0.25, 0.3) is 11.0 Å². The van der Waals surface area contributed by atoms with Crippen molar-refractivity contribution in [3.05, 3.63) is 35.6 Å². The topological polar surface area (TPSA) is 71.7 Å². The molecule has 1 aliphatic heterocycles. The number of fused-ring (bicyclic) bond motifs is 1. The van der Waals surface area contributed by atoms with Crippen molar-refractivity contribution >= 4 is 16.9 Å². The van der Waals surface area contributed by atoms with Gasteiger partial charge < -0.3 is 19.6 Å². The van der Waals surface area contributed by atoms with E-state index in [-0.39, 0.29) is 17.4 Å². The minimum atomic E-state index is -1.04. The lowest BCUT2D eigenvalue weighted by Crippen LogP contribution is -2.47. The zero-order valence-corrected chi connectivity index (χ0v) is 12.2. The van der Waals surface area contributed by atoms with Crippen molar-refractivity contribution in [1.29, 1.82) is 0 Å². The van der Waals surface area contributed by atoms with Crippen LogP contribution in [0.2, 0.25) is 0 Å². The average molecular weight is 289 g/mol. The molecule has 2 N–H and O–H groups in total. The van der Waals surface area contributed by atoms with Crippen molar-refractivity contribution in [2.45, 2.75) is 38.5 Å². The molecule has 2 atom stereocenters. The van der Waals surface area contributed by atoms with Crippen molar-refractivity contribution < 1.29 is 19.1 Å². The van der Waals surface area contributed by atoms with Gasteiger partial charge in [-0.15, -0.1) is 0 Å². The van der Waals surface area contributed by atoms with Crippen LogP contribution in [0.5, 0.6) is 0 Å². The molecule has 2 unspecified atom stereocenters. The molecular weight excluding hydrogens is 270 g/mol. The van der Waals surface area contributed by atoms with Crippen molar-refractivity contribution in [2.75, 3.05) is 6.61 Å². The number of benzene rings is 1. The molecule has 0 aliphatic carbocycles. The summed E-state index contributed by atoms with van der Waals surface area (Å²) in [5.74, 6) is -1.03. The maximum absolute atomic E-state index is 11.4. The van der Waals surface area contributed by atoms with Crippen LogP contribution in [-0.2, 0) is 11.3 Å². The second-order valence-electron chi connectivity index (χ2n) is 5.75. The van der Waals surface area contributed by atoms with E-state index in [2.05, 4.69) is 12.2 Å². The Hall–Kier alpha value is -1.85. The molecule has 0 saturated carbocycles. The number of nitrogens with one attached hydrogen (secondary N) is 1. The van der Waals surface area contributed by atoms with Crippen LogP contribution in [-0.4, -0.2) is 29.3 Å². The standard InChI is InChI=1S/C16H19NO4/c1-10-16(2,7-8-20-10)17-9-12-11-5-3-4-6-13(11)21-14(12)15(18)19/h3-6,10,17H,7-9H2,1-2H3,(H,18,19). The molecule has 5 nitrogen and oxygen atoms in total. The monoisotopic (exact) mass is 289 g/mol. The summed E-state index contributed by atoms with van der Waals surface area (Å²) in [5.41, 5.74) is 1.15. The quantitative estimate of drug-likeness (QED) is 0.905. The first-order valence-electron chi connectivity index (χ1n) is 7.11. The number of carboxylic acid groups (broad SMARTS) is 1. The molecule has 1 fully saturated rings. The molecule has 0 amide bonds. The normalized spacial score (nSPS) is 25.5. The van der Waals surface area contributed by atoms with Gasteiger partial charge in [-0.3, -0.25) is 0 Å². The fourth-order valence-electron chi connectivity index (χ4n) is 2.80. The molecule has 1 saturated heterocycles. The molecule has 21 heavy (non-hydrogen) atoms. The van der Waals surface area contributed by atoms with Gasteiger partial charge in [0.15, 0.2) is 0 Å². The second-order valence-corrected chi connectivity index (χ2v) is 5.75. The first kappa shape index (κ1) is 14.1. The van der Waals surface area contributed by atoms with Crippen molar-refractivity contribution in [1.82, 2.24) is 5.32 Å². The van der Waals surface area contributed by atoms with Crippen LogP contribution in [0.15, 0.2) is 28.7 Å². The van der Waals surface area contributed by atoms with E-state index in [0.29, 0.717) is 17.7 Å². The summed E-state index contributed by atoms with van der Waals surface area (Å²) in [7, 11) is 0.